The Bertz CT molecular complexity index is 478. The zero-order chi connectivity index (χ0) is 13.2. The number of hydrogen-bond donors (Lipinski definition) is 1. The second-order valence-electron chi connectivity index (χ2n) is 5.47. The molecular formula is C15H21N3O. The maximum atomic E-state index is 12.7. The Morgan fingerprint density at radius 2 is 2.00 bits per heavy atom. The first-order chi connectivity index (χ1) is 9.25. The average molecular weight is 259 g/mol. The maximum absolute atomic E-state index is 12.7. The van der Waals surface area contributed by atoms with Gasteiger partial charge in [0.05, 0.1) is 0 Å². The first kappa shape index (κ1) is 12.6. The molecule has 0 spiro atoms. The van der Waals surface area contributed by atoms with Crippen molar-refractivity contribution >= 4 is 5.91 Å². The molecule has 1 N–H and O–H groups in total. The van der Waals surface area contributed by atoms with Crippen LogP contribution in [-0.2, 0) is 13.0 Å². The average Bonchev–Trinajstić information content (AvgIpc) is 2.47. The van der Waals surface area contributed by atoms with Gasteiger partial charge in [-0.25, -0.2) is 0 Å². The molecule has 4 heteroatoms. The summed E-state index contributed by atoms with van der Waals surface area (Å²) in [4.78, 5) is 16.9. The van der Waals surface area contributed by atoms with Crippen molar-refractivity contribution in [3.05, 3.63) is 34.9 Å². The lowest BCUT2D eigenvalue weighted by molar-refractivity contribution is 0.0662. The Kier molecular flexibility index (Phi) is 3.53. The molecular weight excluding hydrogens is 238 g/mol. The maximum Gasteiger partial charge on any atom is 0.254 e. The number of nitrogens with one attached hydrogen (secondary N) is 1. The number of benzene rings is 1. The number of nitrogens with zero attached hydrogens (tertiary/aromatic N) is 2. The number of carbonyl (C=O) groups is 1. The van der Waals surface area contributed by atoms with Crippen LogP contribution < -0.4 is 5.32 Å². The standard InChI is InChI=1S/C15H21N3O/c1-17-7-9-18(10-8-17)15(19)14-4-2-3-12-11-16-6-5-13(12)14/h2-4,16H,5-11H2,1H3. The van der Waals surface area contributed by atoms with E-state index in [2.05, 4.69) is 23.3 Å². The number of hydrogen-bond acceptors (Lipinski definition) is 3. The molecule has 0 bridgehead atoms. The summed E-state index contributed by atoms with van der Waals surface area (Å²) in [6.07, 6.45) is 0.963. The van der Waals surface area contributed by atoms with Gasteiger partial charge in [-0.15, -0.1) is 0 Å². The van der Waals surface area contributed by atoms with Crippen LogP contribution in [0.4, 0.5) is 0 Å². The first-order valence-corrected chi connectivity index (χ1v) is 7.05. The van der Waals surface area contributed by atoms with Crippen LogP contribution in [0.3, 0.4) is 0 Å². The van der Waals surface area contributed by atoms with Gasteiger partial charge in [0.15, 0.2) is 0 Å². The third-order valence-corrected chi connectivity index (χ3v) is 4.16. The Labute approximate surface area is 114 Å². The van der Waals surface area contributed by atoms with Crippen LogP contribution in [0.15, 0.2) is 18.2 Å². The SMILES string of the molecule is CN1CCN(C(=O)c2cccc3c2CCNC3)CC1. The highest BCUT2D eigenvalue weighted by Crippen LogP contribution is 2.20. The molecule has 0 unspecified atom stereocenters. The molecule has 1 aromatic carbocycles. The highest BCUT2D eigenvalue weighted by Gasteiger charge is 2.24. The normalized spacial score (nSPS) is 20.2. The van der Waals surface area contributed by atoms with Crippen LogP contribution in [-0.4, -0.2) is 55.5 Å². The van der Waals surface area contributed by atoms with Gasteiger partial charge in [0.2, 0.25) is 0 Å². The lowest BCUT2D eigenvalue weighted by atomic mass is 9.94. The Morgan fingerprint density at radius 1 is 1.21 bits per heavy atom. The molecule has 102 valence electrons. The third kappa shape index (κ3) is 2.51. The van der Waals surface area contributed by atoms with Crippen LogP contribution in [0.5, 0.6) is 0 Å². The van der Waals surface area contributed by atoms with Gasteiger partial charge >= 0.3 is 0 Å². The minimum Gasteiger partial charge on any atom is -0.336 e. The van der Waals surface area contributed by atoms with E-state index in [-0.39, 0.29) is 5.91 Å². The molecule has 0 aromatic heterocycles. The summed E-state index contributed by atoms with van der Waals surface area (Å²) in [5, 5.41) is 3.36. The van der Waals surface area contributed by atoms with Crippen molar-refractivity contribution in [2.75, 3.05) is 39.8 Å². The summed E-state index contributed by atoms with van der Waals surface area (Å²) in [7, 11) is 2.11. The summed E-state index contributed by atoms with van der Waals surface area (Å²) in [6, 6.07) is 6.13. The molecule has 1 saturated heterocycles. The molecule has 4 nitrogen and oxygen atoms in total. The quantitative estimate of drug-likeness (QED) is 0.807. The van der Waals surface area contributed by atoms with E-state index in [4.69, 9.17) is 0 Å². The van der Waals surface area contributed by atoms with Crippen LogP contribution in [0, 0.1) is 0 Å². The van der Waals surface area contributed by atoms with Crippen LogP contribution in [0.1, 0.15) is 21.5 Å². The Balaban J connectivity index is 1.83. The first-order valence-electron chi connectivity index (χ1n) is 7.05. The number of fused-ring (bicyclic) bond motifs is 1. The number of amides is 1. The van der Waals surface area contributed by atoms with Crippen molar-refractivity contribution in [3.8, 4) is 0 Å². The molecule has 0 atom stereocenters. The molecule has 1 aromatic rings. The van der Waals surface area contributed by atoms with E-state index in [1.807, 2.05) is 17.0 Å². The van der Waals surface area contributed by atoms with Gasteiger partial charge in [0.25, 0.3) is 5.91 Å². The van der Waals surface area contributed by atoms with E-state index in [0.717, 1.165) is 51.3 Å². The van der Waals surface area contributed by atoms with Crippen molar-refractivity contribution in [2.45, 2.75) is 13.0 Å². The molecule has 2 aliphatic heterocycles. The molecule has 3 rings (SSSR count). The fraction of sp³-hybridized carbons (Fsp3) is 0.533. The van der Waals surface area contributed by atoms with Gasteiger partial charge in [0, 0.05) is 38.3 Å². The van der Waals surface area contributed by atoms with Crippen LogP contribution in [0.25, 0.3) is 0 Å². The van der Waals surface area contributed by atoms with Crippen molar-refractivity contribution in [1.82, 2.24) is 15.1 Å². The highest BCUT2D eigenvalue weighted by atomic mass is 16.2. The Hall–Kier alpha value is -1.39. The van der Waals surface area contributed by atoms with Crippen LogP contribution >= 0.6 is 0 Å². The molecule has 19 heavy (non-hydrogen) atoms. The van der Waals surface area contributed by atoms with E-state index < -0.39 is 0 Å². The fourth-order valence-electron chi connectivity index (χ4n) is 2.91. The van der Waals surface area contributed by atoms with Gasteiger partial charge in [-0.3, -0.25) is 4.79 Å². The fourth-order valence-corrected chi connectivity index (χ4v) is 2.91. The lowest BCUT2D eigenvalue weighted by Crippen LogP contribution is -2.47. The number of piperazine rings is 1. The third-order valence-electron chi connectivity index (χ3n) is 4.16. The molecule has 2 heterocycles. The van der Waals surface area contributed by atoms with Crippen molar-refractivity contribution in [1.29, 1.82) is 0 Å². The molecule has 2 aliphatic rings. The Morgan fingerprint density at radius 3 is 2.79 bits per heavy atom. The lowest BCUT2D eigenvalue weighted by Gasteiger charge is -2.33. The number of rotatable bonds is 1. The van der Waals surface area contributed by atoms with Crippen LogP contribution in [0.2, 0.25) is 0 Å². The largest absolute Gasteiger partial charge is 0.336 e. The topological polar surface area (TPSA) is 35.6 Å². The predicted octanol–water partition coefficient (Wildman–Crippen LogP) is 0.720. The summed E-state index contributed by atoms with van der Waals surface area (Å²) in [5.41, 5.74) is 3.46. The van der Waals surface area contributed by atoms with Gasteiger partial charge < -0.3 is 15.1 Å². The summed E-state index contributed by atoms with van der Waals surface area (Å²) < 4.78 is 0. The minimum absolute atomic E-state index is 0.215. The van der Waals surface area contributed by atoms with Gasteiger partial charge in [-0.1, -0.05) is 12.1 Å². The molecule has 0 aliphatic carbocycles. The minimum atomic E-state index is 0.215. The zero-order valence-electron chi connectivity index (χ0n) is 11.5. The van der Waals surface area contributed by atoms with E-state index >= 15 is 0 Å². The van der Waals surface area contributed by atoms with E-state index in [0.29, 0.717) is 0 Å². The van der Waals surface area contributed by atoms with Crippen molar-refractivity contribution < 1.29 is 4.79 Å². The highest BCUT2D eigenvalue weighted by molar-refractivity contribution is 5.96. The summed E-state index contributed by atoms with van der Waals surface area (Å²) in [5.74, 6) is 0.215. The molecule has 0 saturated carbocycles. The van der Waals surface area contributed by atoms with E-state index in [1.54, 1.807) is 0 Å². The van der Waals surface area contributed by atoms with E-state index in [1.165, 1.54) is 11.1 Å². The molecule has 1 amide bonds. The predicted molar refractivity (Wildman–Crippen MR) is 75.3 cm³/mol. The van der Waals surface area contributed by atoms with Gasteiger partial charge in [-0.2, -0.15) is 0 Å². The number of likely N-dealkylation sites (N-methyl/N-ethyl adjacent to an activating group) is 1. The van der Waals surface area contributed by atoms with E-state index in [9.17, 15) is 4.79 Å². The summed E-state index contributed by atoms with van der Waals surface area (Å²) >= 11 is 0. The van der Waals surface area contributed by atoms with Crippen molar-refractivity contribution in [3.63, 3.8) is 0 Å². The molecule has 0 radical (unpaired) electrons. The van der Waals surface area contributed by atoms with Gasteiger partial charge in [0.1, 0.15) is 0 Å². The smallest absolute Gasteiger partial charge is 0.254 e. The zero-order valence-corrected chi connectivity index (χ0v) is 11.5. The van der Waals surface area contributed by atoms with Crippen molar-refractivity contribution in [2.24, 2.45) is 0 Å². The monoisotopic (exact) mass is 259 g/mol. The van der Waals surface area contributed by atoms with Gasteiger partial charge in [-0.05, 0) is 37.2 Å². The number of carbonyl (C=O) groups excluding carboxylic acids is 1. The molecule has 1 fully saturated rings. The second-order valence-corrected chi connectivity index (χ2v) is 5.47. The summed E-state index contributed by atoms with van der Waals surface area (Å²) in [6.45, 7) is 5.50. The second kappa shape index (κ2) is 5.31.